The van der Waals surface area contributed by atoms with Crippen LogP contribution >= 0.6 is 0 Å². The smallest absolute Gasteiger partial charge is 0.288 e. The average molecular weight is 192 g/mol. The van der Waals surface area contributed by atoms with Gasteiger partial charge < -0.3 is 9.73 Å². The molecule has 1 N–H and O–H groups in total. The Bertz CT molecular complexity index is 362. The first-order valence-electron chi connectivity index (χ1n) is 4.46. The zero-order valence-electron chi connectivity index (χ0n) is 8.20. The number of carbonyl (C=O) groups is 1. The second-order valence-electron chi connectivity index (χ2n) is 2.94. The summed E-state index contributed by atoms with van der Waals surface area (Å²) >= 11 is 0. The Kier molecular flexibility index (Phi) is 3.29. The van der Waals surface area contributed by atoms with Crippen LogP contribution in [0.2, 0.25) is 0 Å². The molecule has 0 saturated heterocycles. The minimum absolute atomic E-state index is 0.254. The van der Waals surface area contributed by atoms with Gasteiger partial charge >= 0.3 is 0 Å². The van der Waals surface area contributed by atoms with Crippen LogP contribution < -0.4 is 5.32 Å². The van der Waals surface area contributed by atoms with E-state index in [9.17, 15) is 4.79 Å². The van der Waals surface area contributed by atoms with Crippen LogP contribution in [0, 0.1) is 11.3 Å². The van der Waals surface area contributed by atoms with Gasteiger partial charge in [0.25, 0.3) is 5.91 Å². The molecule has 0 aromatic carbocycles. The second kappa shape index (κ2) is 4.47. The van der Waals surface area contributed by atoms with Crippen molar-refractivity contribution >= 4 is 5.91 Å². The van der Waals surface area contributed by atoms with Gasteiger partial charge in [0.1, 0.15) is 11.8 Å². The Morgan fingerprint density at radius 1 is 1.71 bits per heavy atom. The van der Waals surface area contributed by atoms with E-state index in [-0.39, 0.29) is 11.7 Å². The van der Waals surface area contributed by atoms with E-state index in [0.29, 0.717) is 0 Å². The largest absolute Gasteiger partial charge is 0.456 e. The molecule has 4 heteroatoms. The zero-order chi connectivity index (χ0) is 10.6. The standard InChI is InChI=1S/C10H12N2O2/c1-3-8-4-5-9(14-8)10(13)12-7(2)6-11/h4-5,7H,3H2,1-2H3,(H,12,13). The third kappa shape index (κ3) is 2.36. The van der Waals surface area contributed by atoms with Gasteiger partial charge in [0.2, 0.25) is 0 Å². The monoisotopic (exact) mass is 192 g/mol. The molecule has 0 spiro atoms. The molecule has 1 atom stereocenters. The maximum Gasteiger partial charge on any atom is 0.288 e. The molecule has 0 aliphatic heterocycles. The molecule has 4 nitrogen and oxygen atoms in total. The molecule has 0 radical (unpaired) electrons. The number of carbonyl (C=O) groups excluding carboxylic acids is 1. The number of nitrogens with one attached hydrogen (secondary N) is 1. The summed E-state index contributed by atoms with van der Waals surface area (Å²) in [6.07, 6.45) is 0.751. The third-order valence-corrected chi connectivity index (χ3v) is 1.78. The summed E-state index contributed by atoms with van der Waals surface area (Å²) < 4.78 is 5.22. The Morgan fingerprint density at radius 3 is 2.93 bits per heavy atom. The number of furan rings is 1. The number of hydrogen-bond acceptors (Lipinski definition) is 3. The Morgan fingerprint density at radius 2 is 2.43 bits per heavy atom. The minimum Gasteiger partial charge on any atom is -0.456 e. The van der Waals surface area contributed by atoms with Gasteiger partial charge in [-0.2, -0.15) is 5.26 Å². The maximum atomic E-state index is 11.4. The summed E-state index contributed by atoms with van der Waals surface area (Å²) in [5.74, 6) is 0.669. The summed E-state index contributed by atoms with van der Waals surface area (Å²) in [6, 6.07) is 4.78. The molecular weight excluding hydrogens is 180 g/mol. The van der Waals surface area contributed by atoms with Crippen LogP contribution in [0.1, 0.15) is 30.2 Å². The molecule has 0 aliphatic carbocycles. The van der Waals surface area contributed by atoms with Gasteiger partial charge in [-0.3, -0.25) is 4.79 Å². The van der Waals surface area contributed by atoms with E-state index in [4.69, 9.17) is 9.68 Å². The summed E-state index contributed by atoms with van der Waals surface area (Å²) in [6.45, 7) is 3.56. The van der Waals surface area contributed by atoms with Crippen molar-refractivity contribution in [2.45, 2.75) is 26.3 Å². The van der Waals surface area contributed by atoms with Crippen molar-refractivity contribution in [3.05, 3.63) is 23.7 Å². The molecule has 1 rings (SSSR count). The highest BCUT2D eigenvalue weighted by Crippen LogP contribution is 2.08. The van der Waals surface area contributed by atoms with Crippen LogP contribution in [0.15, 0.2) is 16.5 Å². The number of rotatable bonds is 3. The number of amides is 1. The Balaban J connectivity index is 2.66. The highest BCUT2D eigenvalue weighted by molar-refractivity contribution is 5.91. The first-order valence-corrected chi connectivity index (χ1v) is 4.46. The lowest BCUT2D eigenvalue weighted by Gasteiger charge is -2.02. The molecule has 0 fully saturated rings. The summed E-state index contributed by atoms with van der Waals surface area (Å²) in [5.41, 5.74) is 0. The molecular formula is C10H12N2O2. The number of nitrogens with zero attached hydrogens (tertiary/aromatic N) is 1. The average Bonchev–Trinajstić information content (AvgIpc) is 2.65. The zero-order valence-corrected chi connectivity index (χ0v) is 8.20. The van der Waals surface area contributed by atoms with Crippen molar-refractivity contribution in [1.29, 1.82) is 5.26 Å². The predicted molar refractivity (Wildman–Crippen MR) is 50.6 cm³/mol. The molecule has 1 aromatic heterocycles. The highest BCUT2D eigenvalue weighted by atomic mass is 16.3. The molecule has 1 aromatic rings. The Hall–Kier alpha value is -1.76. The topological polar surface area (TPSA) is 66.0 Å². The van der Waals surface area contributed by atoms with Gasteiger partial charge in [-0.25, -0.2) is 0 Å². The molecule has 1 unspecified atom stereocenters. The van der Waals surface area contributed by atoms with Gasteiger partial charge in [0, 0.05) is 6.42 Å². The third-order valence-electron chi connectivity index (χ3n) is 1.78. The first-order chi connectivity index (χ1) is 6.67. The van der Waals surface area contributed by atoms with Crippen LogP contribution in [0.3, 0.4) is 0 Å². The summed E-state index contributed by atoms with van der Waals surface area (Å²) in [5, 5.41) is 11.0. The van der Waals surface area contributed by atoms with Crippen molar-refractivity contribution < 1.29 is 9.21 Å². The van der Waals surface area contributed by atoms with Gasteiger partial charge in [-0.05, 0) is 19.1 Å². The van der Waals surface area contributed by atoms with E-state index in [1.54, 1.807) is 19.1 Å². The summed E-state index contributed by atoms with van der Waals surface area (Å²) in [4.78, 5) is 11.4. The lowest BCUT2D eigenvalue weighted by atomic mass is 10.3. The van der Waals surface area contributed by atoms with Gasteiger partial charge in [0.05, 0.1) is 6.07 Å². The molecule has 1 amide bonds. The summed E-state index contributed by atoms with van der Waals surface area (Å²) in [7, 11) is 0. The Labute approximate surface area is 82.5 Å². The fourth-order valence-electron chi connectivity index (χ4n) is 0.990. The van der Waals surface area contributed by atoms with E-state index in [0.717, 1.165) is 12.2 Å². The van der Waals surface area contributed by atoms with Gasteiger partial charge in [-0.15, -0.1) is 0 Å². The SMILES string of the molecule is CCc1ccc(C(=O)NC(C)C#N)o1. The number of aryl methyl sites for hydroxylation is 1. The fraction of sp³-hybridized carbons (Fsp3) is 0.400. The molecule has 74 valence electrons. The number of hydrogen-bond donors (Lipinski definition) is 1. The van der Waals surface area contributed by atoms with Crippen molar-refractivity contribution in [1.82, 2.24) is 5.32 Å². The molecule has 0 bridgehead atoms. The van der Waals surface area contributed by atoms with Crippen molar-refractivity contribution in [3.8, 4) is 6.07 Å². The van der Waals surface area contributed by atoms with Crippen LogP contribution in [-0.4, -0.2) is 11.9 Å². The molecule has 0 aliphatic rings. The van der Waals surface area contributed by atoms with E-state index in [1.807, 2.05) is 13.0 Å². The van der Waals surface area contributed by atoms with Crippen LogP contribution in [0.5, 0.6) is 0 Å². The predicted octanol–water partition coefficient (Wildman–Crippen LogP) is 1.48. The maximum absolute atomic E-state index is 11.4. The van der Waals surface area contributed by atoms with Crippen LogP contribution in [0.4, 0.5) is 0 Å². The second-order valence-corrected chi connectivity index (χ2v) is 2.94. The fourth-order valence-corrected chi connectivity index (χ4v) is 0.990. The lowest BCUT2D eigenvalue weighted by molar-refractivity contribution is 0.0918. The van der Waals surface area contributed by atoms with Gasteiger partial charge in [0.15, 0.2) is 5.76 Å². The lowest BCUT2D eigenvalue weighted by Crippen LogP contribution is -2.30. The van der Waals surface area contributed by atoms with Crippen LogP contribution in [0.25, 0.3) is 0 Å². The molecule has 0 saturated carbocycles. The molecule has 1 heterocycles. The van der Waals surface area contributed by atoms with E-state index >= 15 is 0 Å². The van der Waals surface area contributed by atoms with Crippen LogP contribution in [-0.2, 0) is 6.42 Å². The minimum atomic E-state index is -0.502. The van der Waals surface area contributed by atoms with E-state index < -0.39 is 6.04 Å². The van der Waals surface area contributed by atoms with Crippen molar-refractivity contribution in [2.75, 3.05) is 0 Å². The molecule has 14 heavy (non-hydrogen) atoms. The quantitative estimate of drug-likeness (QED) is 0.788. The highest BCUT2D eigenvalue weighted by Gasteiger charge is 2.12. The van der Waals surface area contributed by atoms with E-state index in [1.165, 1.54) is 0 Å². The number of nitriles is 1. The van der Waals surface area contributed by atoms with Crippen molar-refractivity contribution in [3.63, 3.8) is 0 Å². The normalized spacial score (nSPS) is 11.8. The first kappa shape index (κ1) is 10.3. The van der Waals surface area contributed by atoms with Gasteiger partial charge in [-0.1, -0.05) is 6.92 Å². The van der Waals surface area contributed by atoms with E-state index in [2.05, 4.69) is 5.32 Å². The van der Waals surface area contributed by atoms with Crippen molar-refractivity contribution in [2.24, 2.45) is 0 Å².